The molecule has 53 heavy (non-hydrogen) atoms. The minimum absolute atomic E-state index is 0.152. The maximum absolute atomic E-state index is 13.7. The van der Waals surface area contributed by atoms with Gasteiger partial charge < -0.3 is 19.7 Å². The molecule has 3 aliphatic rings. The highest BCUT2D eigenvalue weighted by molar-refractivity contribution is 5.89. The van der Waals surface area contributed by atoms with Gasteiger partial charge >= 0.3 is 6.03 Å². The number of anilines is 2. The lowest BCUT2D eigenvalue weighted by molar-refractivity contribution is 0.0342. The monoisotopic (exact) mass is 717 g/mol. The van der Waals surface area contributed by atoms with E-state index in [1.807, 2.05) is 41.2 Å². The number of nitrogens with zero attached hydrogens (tertiary/aromatic N) is 7. The predicted molar refractivity (Wildman–Crippen MR) is 206 cm³/mol. The smallest absolute Gasteiger partial charge is 0.320 e. The number of ether oxygens (including phenoxy) is 2. The van der Waals surface area contributed by atoms with Crippen molar-refractivity contribution in [1.29, 1.82) is 0 Å². The van der Waals surface area contributed by atoms with Gasteiger partial charge in [-0.15, -0.1) is 10.2 Å². The zero-order valence-corrected chi connectivity index (χ0v) is 31.3. The molecule has 2 fully saturated rings. The maximum atomic E-state index is 13.7. The van der Waals surface area contributed by atoms with Crippen LogP contribution in [0.2, 0.25) is 0 Å². The summed E-state index contributed by atoms with van der Waals surface area (Å²) in [5.74, 6) is 2.26. The molecule has 5 aromatic rings. The van der Waals surface area contributed by atoms with Crippen molar-refractivity contribution in [3.8, 4) is 11.4 Å². The summed E-state index contributed by atoms with van der Waals surface area (Å²) in [7, 11) is 0. The molecule has 0 bridgehead atoms. The Kier molecular flexibility index (Phi) is 9.82. The van der Waals surface area contributed by atoms with Crippen molar-refractivity contribution < 1.29 is 14.3 Å². The summed E-state index contributed by atoms with van der Waals surface area (Å²) >= 11 is 0. The number of aromatic nitrogens is 5. The van der Waals surface area contributed by atoms with E-state index in [0.29, 0.717) is 11.9 Å². The summed E-state index contributed by atoms with van der Waals surface area (Å²) in [6.45, 7) is 14.0. The molecule has 2 amide bonds. The van der Waals surface area contributed by atoms with Crippen LogP contribution in [0.4, 0.5) is 16.6 Å². The Morgan fingerprint density at radius 2 is 1.72 bits per heavy atom. The molecule has 2 N–H and O–H groups in total. The molecule has 12 nitrogen and oxygen atoms in total. The van der Waals surface area contributed by atoms with Gasteiger partial charge in [-0.05, 0) is 80.0 Å². The maximum Gasteiger partial charge on any atom is 0.320 e. The SMILES string of the molecule is C[C@H]1CCCCN1c1nnc2ccc(O[C@@H]3CC[C@H](NC(=O)Nc4cc(C(C)(C)C)nn4-c4ccc(CN5CCOCC5)cc4)c4ccccc43)cn12. The van der Waals surface area contributed by atoms with Crippen molar-refractivity contribution in [1.82, 2.24) is 34.6 Å². The Morgan fingerprint density at radius 1 is 0.925 bits per heavy atom. The fraction of sp³-hybridized carbons (Fsp3) is 0.463. The Bertz CT molecular complexity index is 2040. The van der Waals surface area contributed by atoms with E-state index in [0.717, 1.165) is 105 Å². The molecule has 3 atom stereocenters. The highest BCUT2D eigenvalue weighted by Gasteiger charge is 2.31. The fourth-order valence-corrected chi connectivity index (χ4v) is 7.81. The van der Waals surface area contributed by atoms with Crippen LogP contribution in [0.5, 0.6) is 5.75 Å². The van der Waals surface area contributed by atoms with E-state index in [-0.39, 0.29) is 23.6 Å². The van der Waals surface area contributed by atoms with E-state index >= 15 is 0 Å². The number of benzene rings is 2. The molecule has 0 unspecified atom stereocenters. The van der Waals surface area contributed by atoms with E-state index in [1.54, 1.807) is 0 Å². The molecule has 5 heterocycles. The number of carbonyl (C=O) groups excluding carboxylic acids is 1. The average molecular weight is 718 g/mol. The molecule has 0 radical (unpaired) electrons. The molecule has 1 aliphatic carbocycles. The highest BCUT2D eigenvalue weighted by Crippen LogP contribution is 2.39. The number of amides is 2. The second-order valence-electron chi connectivity index (χ2n) is 15.7. The normalized spacial score (nSPS) is 21.0. The van der Waals surface area contributed by atoms with Crippen molar-refractivity contribution >= 4 is 23.4 Å². The van der Waals surface area contributed by atoms with Crippen molar-refractivity contribution in [2.24, 2.45) is 0 Å². The number of hydrogen-bond acceptors (Lipinski definition) is 8. The molecule has 12 heteroatoms. The molecular weight excluding hydrogens is 667 g/mol. The van der Waals surface area contributed by atoms with Crippen molar-refractivity contribution in [3.05, 3.63) is 95.3 Å². The van der Waals surface area contributed by atoms with Gasteiger partial charge in [-0.2, -0.15) is 5.10 Å². The van der Waals surface area contributed by atoms with E-state index < -0.39 is 0 Å². The Morgan fingerprint density at radius 3 is 2.49 bits per heavy atom. The number of rotatable bonds is 8. The minimum Gasteiger partial charge on any atom is -0.484 e. The highest BCUT2D eigenvalue weighted by atomic mass is 16.5. The Balaban J connectivity index is 0.972. The lowest BCUT2D eigenvalue weighted by atomic mass is 9.85. The first-order chi connectivity index (χ1) is 25.7. The summed E-state index contributed by atoms with van der Waals surface area (Å²) in [5, 5.41) is 20.3. The fourth-order valence-electron chi connectivity index (χ4n) is 7.81. The number of hydrogen-bond donors (Lipinski definition) is 2. The largest absolute Gasteiger partial charge is 0.484 e. The molecule has 2 aromatic carbocycles. The second-order valence-corrected chi connectivity index (χ2v) is 15.7. The van der Waals surface area contributed by atoms with Crippen molar-refractivity contribution in [2.45, 2.75) is 89.9 Å². The summed E-state index contributed by atoms with van der Waals surface area (Å²) in [5.41, 5.74) is 5.78. The summed E-state index contributed by atoms with van der Waals surface area (Å²) in [6.07, 6.45) is 6.91. The molecular formula is C41H51N9O3. The topological polar surface area (TPSA) is 114 Å². The number of urea groups is 1. The molecule has 0 spiro atoms. The van der Waals surface area contributed by atoms with Crippen LogP contribution in [-0.2, 0) is 16.7 Å². The first kappa shape index (κ1) is 35.1. The van der Waals surface area contributed by atoms with Gasteiger partial charge in [0.25, 0.3) is 0 Å². The number of carbonyl (C=O) groups is 1. The first-order valence-electron chi connectivity index (χ1n) is 19.1. The van der Waals surface area contributed by atoms with Gasteiger partial charge in [0.05, 0.1) is 36.8 Å². The number of fused-ring (bicyclic) bond motifs is 2. The van der Waals surface area contributed by atoms with Gasteiger partial charge in [-0.3, -0.25) is 14.6 Å². The van der Waals surface area contributed by atoms with Crippen molar-refractivity contribution in [3.63, 3.8) is 0 Å². The standard InChI is InChI=1S/C41H51N9O3/c1-28-9-7-8-20-48(28)40-45-44-37-19-16-31(27-49(37)40)53-35-18-17-34(32-10-5-6-11-33(32)35)42-39(51)43-38-25-36(41(2,3)4)46-50(38)30-14-12-29(13-15-30)26-47-21-23-52-24-22-47/h5-6,10-16,19,25,27-28,34-35H,7-9,17-18,20-24,26H2,1-4H3,(H2,42,43,51)/t28-,34-,35+/m0/s1. The van der Waals surface area contributed by atoms with Crippen molar-refractivity contribution in [2.75, 3.05) is 43.1 Å². The Hall–Kier alpha value is -4.94. The van der Waals surface area contributed by atoms with E-state index in [1.165, 1.54) is 12.0 Å². The number of piperidine rings is 1. The molecule has 3 aromatic heterocycles. The molecule has 8 rings (SSSR count). The van der Waals surface area contributed by atoms with Crippen LogP contribution in [0.25, 0.3) is 11.3 Å². The second kappa shape index (κ2) is 14.8. The third kappa shape index (κ3) is 7.61. The summed E-state index contributed by atoms with van der Waals surface area (Å²) in [6, 6.07) is 22.6. The van der Waals surface area contributed by atoms with Gasteiger partial charge in [0.1, 0.15) is 17.7 Å². The van der Waals surface area contributed by atoms with Gasteiger partial charge in [0, 0.05) is 43.7 Å². The quantitative estimate of drug-likeness (QED) is 0.173. The summed E-state index contributed by atoms with van der Waals surface area (Å²) in [4.78, 5) is 18.5. The molecule has 278 valence electrons. The zero-order valence-electron chi connectivity index (χ0n) is 31.3. The lowest BCUT2D eigenvalue weighted by Gasteiger charge is -2.33. The summed E-state index contributed by atoms with van der Waals surface area (Å²) < 4.78 is 16.1. The third-order valence-electron chi connectivity index (χ3n) is 10.8. The zero-order chi connectivity index (χ0) is 36.5. The first-order valence-corrected chi connectivity index (χ1v) is 19.1. The van der Waals surface area contributed by atoms with Gasteiger partial charge in [0.2, 0.25) is 5.95 Å². The third-order valence-corrected chi connectivity index (χ3v) is 10.8. The minimum atomic E-state index is -0.271. The van der Waals surface area contributed by atoms with Gasteiger partial charge in [-0.1, -0.05) is 57.2 Å². The molecule has 2 aliphatic heterocycles. The van der Waals surface area contributed by atoms with Crippen LogP contribution in [-0.4, -0.2) is 74.2 Å². The van der Waals surface area contributed by atoms with Crippen LogP contribution in [0.15, 0.2) is 72.9 Å². The predicted octanol–water partition coefficient (Wildman–Crippen LogP) is 7.20. The van der Waals surface area contributed by atoms with Gasteiger partial charge in [-0.25, -0.2) is 9.48 Å². The molecule has 0 saturated carbocycles. The van der Waals surface area contributed by atoms with E-state index in [2.05, 4.69) is 99.1 Å². The van der Waals surface area contributed by atoms with Crippen LogP contribution >= 0.6 is 0 Å². The number of nitrogens with one attached hydrogen (secondary N) is 2. The van der Waals surface area contributed by atoms with E-state index in [4.69, 9.17) is 14.6 Å². The van der Waals surface area contributed by atoms with Crippen LogP contribution in [0, 0.1) is 0 Å². The average Bonchev–Trinajstić information content (AvgIpc) is 3.78. The van der Waals surface area contributed by atoms with Crippen LogP contribution < -0.4 is 20.3 Å². The molecule has 2 saturated heterocycles. The van der Waals surface area contributed by atoms with Crippen LogP contribution in [0.3, 0.4) is 0 Å². The number of morpholine rings is 1. The van der Waals surface area contributed by atoms with Gasteiger partial charge in [0.15, 0.2) is 5.65 Å². The van der Waals surface area contributed by atoms with Crippen LogP contribution in [0.1, 0.15) is 94.3 Å². The lowest BCUT2D eigenvalue weighted by Crippen LogP contribution is -2.38. The number of pyridine rings is 1. The Labute approximate surface area is 311 Å². The van der Waals surface area contributed by atoms with E-state index in [9.17, 15) is 4.79 Å².